The Morgan fingerprint density at radius 2 is 2.22 bits per heavy atom. The van der Waals surface area contributed by atoms with Crippen molar-refractivity contribution in [2.45, 2.75) is 13.3 Å². The molecule has 2 aromatic heterocycles. The Kier molecular flexibility index (Phi) is 5.05. The Hall–Kier alpha value is -2.76. The van der Waals surface area contributed by atoms with Gasteiger partial charge < -0.3 is 16.0 Å². The lowest BCUT2D eigenvalue weighted by molar-refractivity contribution is 0.592. The summed E-state index contributed by atoms with van der Waals surface area (Å²) in [5, 5.41) is 10.6. The monoisotopic (exact) mass is 312 g/mol. The fourth-order valence-electron chi connectivity index (χ4n) is 2.31. The third-order valence-corrected chi connectivity index (χ3v) is 3.61. The Morgan fingerprint density at radius 1 is 1.48 bits per heavy atom. The van der Waals surface area contributed by atoms with Crippen molar-refractivity contribution in [1.29, 1.82) is 0 Å². The van der Waals surface area contributed by atoms with Gasteiger partial charge in [-0.15, -0.1) is 0 Å². The Labute approximate surface area is 137 Å². The van der Waals surface area contributed by atoms with Gasteiger partial charge in [-0.25, -0.2) is 4.98 Å². The molecule has 0 atom stereocenters. The lowest BCUT2D eigenvalue weighted by Crippen LogP contribution is -2.12. The first kappa shape index (κ1) is 16.6. The number of allylic oxidation sites excluding steroid dienone is 2. The molecule has 122 valence electrons. The highest BCUT2D eigenvalue weighted by Crippen LogP contribution is 2.34. The molecule has 0 saturated heterocycles. The average Bonchev–Trinajstić information content (AvgIpc) is 2.95. The van der Waals surface area contributed by atoms with Gasteiger partial charge in [-0.2, -0.15) is 5.10 Å². The van der Waals surface area contributed by atoms with Gasteiger partial charge in [0, 0.05) is 38.6 Å². The van der Waals surface area contributed by atoms with Crippen molar-refractivity contribution in [1.82, 2.24) is 20.1 Å². The third kappa shape index (κ3) is 3.53. The first-order chi connectivity index (χ1) is 11.0. The van der Waals surface area contributed by atoms with Gasteiger partial charge in [-0.3, -0.25) is 5.10 Å². The van der Waals surface area contributed by atoms with Crippen molar-refractivity contribution in [2.24, 2.45) is 0 Å². The SMILES string of the molecule is C=C(/C=C(\c1c(NC)n[nH]c1-c1ccnc(N)c1)N(C)C)CC. The van der Waals surface area contributed by atoms with Crippen LogP contribution in [0.2, 0.25) is 0 Å². The molecule has 0 spiro atoms. The first-order valence-corrected chi connectivity index (χ1v) is 7.53. The molecule has 0 aromatic carbocycles. The summed E-state index contributed by atoms with van der Waals surface area (Å²) >= 11 is 0. The zero-order valence-electron chi connectivity index (χ0n) is 14.1. The molecule has 0 amide bonds. The molecule has 2 heterocycles. The number of H-pyrrole nitrogens is 1. The number of nitrogen functional groups attached to an aromatic ring is 1. The fraction of sp³-hybridized carbons (Fsp3) is 0.294. The van der Waals surface area contributed by atoms with Crippen molar-refractivity contribution in [2.75, 3.05) is 32.2 Å². The van der Waals surface area contributed by atoms with Crippen LogP contribution in [0.5, 0.6) is 0 Å². The van der Waals surface area contributed by atoms with Gasteiger partial charge in [0.05, 0.1) is 11.3 Å². The van der Waals surface area contributed by atoms with Crippen molar-refractivity contribution >= 4 is 17.3 Å². The number of anilines is 2. The number of pyridine rings is 1. The molecule has 0 aliphatic carbocycles. The highest BCUT2D eigenvalue weighted by molar-refractivity contribution is 5.86. The van der Waals surface area contributed by atoms with Crippen LogP contribution >= 0.6 is 0 Å². The summed E-state index contributed by atoms with van der Waals surface area (Å²) in [6.45, 7) is 6.18. The molecule has 0 aliphatic heterocycles. The molecule has 0 saturated carbocycles. The second-order valence-corrected chi connectivity index (χ2v) is 5.48. The number of nitrogens with one attached hydrogen (secondary N) is 2. The van der Waals surface area contributed by atoms with E-state index in [-0.39, 0.29) is 0 Å². The standard InChI is InChI=1S/C17H24N6/c1-6-11(2)9-13(23(4)5)15-16(21-22-17(15)19-3)12-7-8-20-14(18)10-12/h7-10H,2,6H2,1,3-5H3,(H2,18,20)(H2,19,21,22)/b13-9+. The summed E-state index contributed by atoms with van der Waals surface area (Å²) in [7, 11) is 5.87. The summed E-state index contributed by atoms with van der Waals surface area (Å²) in [5.74, 6) is 1.25. The molecule has 0 bridgehead atoms. The van der Waals surface area contributed by atoms with Crippen LogP contribution in [-0.4, -0.2) is 41.2 Å². The number of rotatable bonds is 6. The molecule has 4 N–H and O–H groups in total. The molecular formula is C17H24N6. The van der Waals surface area contributed by atoms with Gasteiger partial charge in [0.1, 0.15) is 5.82 Å². The molecule has 6 heteroatoms. The summed E-state index contributed by atoms with van der Waals surface area (Å²) in [6, 6.07) is 3.74. The van der Waals surface area contributed by atoms with Crippen LogP contribution in [0.1, 0.15) is 18.9 Å². The lowest BCUT2D eigenvalue weighted by Gasteiger charge is -2.19. The van der Waals surface area contributed by atoms with E-state index in [0.29, 0.717) is 5.82 Å². The van der Waals surface area contributed by atoms with Crippen LogP contribution < -0.4 is 11.1 Å². The molecule has 0 fully saturated rings. The predicted octanol–water partition coefficient (Wildman–Crippen LogP) is 2.96. The molecule has 0 aliphatic rings. The smallest absolute Gasteiger partial charge is 0.157 e. The quantitative estimate of drug-likeness (QED) is 0.714. The van der Waals surface area contributed by atoms with E-state index in [4.69, 9.17) is 5.73 Å². The van der Waals surface area contributed by atoms with Gasteiger partial charge in [0.25, 0.3) is 0 Å². The topological polar surface area (TPSA) is 82.9 Å². The van der Waals surface area contributed by atoms with Crippen LogP contribution in [0, 0.1) is 0 Å². The molecule has 0 radical (unpaired) electrons. The summed E-state index contributed by atoms with van der Waals surface area (Å²) in [4.78, 5) is 6.11. The lowest BCUT2D eigenvalue weighted by atomic mass is 10.0. The molecular weight excluding hydrogens is 288 g/mol. The maximum atomic E-state index is 5.82. The second-order valence-electron chi connectivity index (χ2n) is 5.48. The van der Waals surface area contributed by atoms with E-state index in [1.807, 2.05) is 33.3 Å². The van der Waals surface area contributed by atoms with Crippen LogP contribution in [0.25, 0.3) is 17.0 Å². The van der Waals surface area contributed by atoms with E-state index < -0.39 is 0 Å². The largest absolute Gasteiger partial charge is 0.384 e. The van der Waals surface area contributed by atoms with Crippen LogP contribution in [-0.2, 0) is 0 Å². The minimum Gasteiger partial charge on any atom is -0.384 e. The minimum absolute atomic E-state index is 0.474. The Morgan fingerprint density at radius 3 is 2.78 bits per heavy atom. The van der Waals surface area contributed by atoms with E-state index in [1.165, 1.54) is 0 Å². The predicted molar refractivity (Wildman–Crippen MR) is 96.9 cm³/mol. The summed E-state index contributed by atoms with van der Waals surface area (Å²) in [5.41, 5.74) is 10.7. The van der Waals surface area contributed by atoms with Gasteiger partial charge in [0.15, 0.2) is 5.82 Å². The van der Waals surface area contributed by atoms with Gasteiger partial charge >= 0.3 is 0 Å². The van der Waals surface area contributed by atoms with E-state index in [9.17, 15) is 0 Å². The zero-order chi connectivity index (χ0) is 17.0. The zero-order valence-corrected chi connectivity index (χ0v) is 14.1. The highest BCUT2D eigenvalue weighted by Gasteiger charge is 2.19. The van der Waals surface area contributed by atoms with Gasteiger partial charge in [-0.05, 0) is 24.6 Å². The number of hydrogen-bond donors (Lipinski definition) is 3. The minimum atomic E-state index is 0.474. The van der Waals surface area contributed by atoms with Crippen molar-refractivity contribution < 1.29 is 0 Å². The summed E-state index contributed by atoms with van der Waals surface area (Å²) in [6.07, 6.45) is 4.67. The number of nitrogens with zero attached hydrogens (tertiary/aromatic N) is 3. The van der Waals surface area contributed by atoms with Crippen molar-refractivity contribution in [3.63, 3.8) is 0 Å². The van der Waals surface area contributed by atoms with Gasteiger partial charge in [0.2, 0.25) is 0 Å². The average molecular weight is 312 g/mol. The Balaban J connectivity index is 2.66. The van der Waals surface area contributed by atoms with Gasteiger partial charge in [-0.1, -0.05) is 19.1 Å². The fourth-order valence-corrected chi connectivity index (χ4v) is 2.31. The number of aromatic nitrogens is 3. The normalized spacial score (nSPS) is 11.4. The van der Waals surface area contributed by atoms with Crippen molar-refractivity contribution in [3.8, 4) is 11.3 Å². The van der Waals surface area contributed by atoms with Crippen LogP contribution in [0.4, 0.5) is 11.6 Å². The molecule has 23 heavy (non-hydrogen) atoms. The molecule has 2 aromatic rings. The van der Waals surface area contributed by atoms with E-state index in [1.54, 1.807) is 6.20 Å². The maximum absolute atomic E-state index is 5.82. The Bertz CT molecular complexity index is 726. The van der Waals surface area contributed by atoms with Crippen LogP contribution in [0.3, 0.4) is 0 Å². The van der Waals surface area contributed by atoms with E-state index >= 15 is 0 Å². The number of aromatic amines is 1. The van der Waals surface area contributed by atoms with E-state index in [0.717, 1.165) is 40.3 Å². The third-order valence-electron chi connectivity index (χ3n) is 3.61. The molecule has 2 rings (SSSR count). The van der Waals surface area contributed by atoms with E-state index in [2.05, 4.69) is 45.0 Å². The first-order valence-electron chi connectivity index (χ1n) is 7.53. The maximum Gasteiger partial charge on any atom is 0.157 e. The highest BCUT2D eigenvalue weighted by atomic mass is 15.2. The summed E-state index contributed by atoms with van der Waals surface area (Å²) < 4.78 is 0. The van der Waals surface area contributed by atoms with Crippen LogP contribution in [0.15, 0.2) is 36.6 Å². The number of nitrogens with two attached hydrogens (primary N) is 1. The number of hydrogen-bond acceptors (Lipinski definition) is 5. The molecule has 0 unspecified atom stereocenters. The molecule has 6 nitrogen and oxygen atoms in total. The second kappa shape index (κ2) is 7.00. The van der Waals surface area contributed by atoms with Crippen molar-refractivity contribution in [3.05, 3.63) is 42.1 Å².